The molecule has 0 radical (unpaired) electrons. The van der Waals surface area contributed by atoms with E-state index >= 15 is 0 Å². The quantitative estimate of drug-likeness (QED) is 0.923. The molecule has 0 spiro atoms. The second kappa shape index (κ2) is 5.67. The molecular weight excluding hydrogens is 297 g/mol. The molecule has 96 valence electrons. The smallest absolute Gasteiger partial charge is 0.126 e. The first-order valence-corrected chi connectivity index (χ1v) is 6.56. The van der Waals surface area contributed by atoms with Gasteiger partial charge in [-0.3, -0.25) is 0 Å². The van der Waals surface area contributed by atoms with Crippen molar-refractivity contribution in [3.05, 3.63) is 57.7 Å². The van der Waals surface area contributed by atoms with Gasteiger partial charge in [-0.1, -0.05) is 15.9 Å². The maximum atomic E-state index is 13.7. The Kier molecular flexibility index (Phi) is 4.19. The van der Waals surface area contributed by atoms with Gasteiger partial charge in [-0.05, 0) is 55.8 Å². The van der Waals surface area contributed by atoms with Crippen molar-refractivity contribution in [2.24, 2.45) is 0 Å². The fourth-order valence-corrected chi connectivity index (χ4v) is 2.40. The van der Waals surface area contributed by atoms with Crippen LogP contribution < -0.4 is 5.32 Å². The average molecular weight is 312 g/mol. The van der Waals surface area contributed by atoms with E-state index in [1.54, 1.807) is 18.4 Å². The van der Waals surface area contributed by atoms with Gasteiger partial charge in [-0.2, -0.15) is 0 Å². The first-order valence-electron chi connectivity index (χ1n) is 5.77. The highest BCUT2D eigenvalue weighted by Gasteiger charge is 2.17. The van der Waals surface area contributed by atoms with E-state index in [9.17, 15) is 4.39 Å². The Morgan fingerprint density at radius 1 is 1.39 bits per heavy atom. The largest absolute Gasteiger partial charge is 0.467 e. The SMILES string of the molecule is CNC(Cc1cc(Br)ccc1F)c1occc1C. The molecule has 0 aliphatic heterocycles. The number of benzene rings is 1. The lowest BCUT2D eigenvalue weighted by Crippen LogP contribution is -2.19. The second-order valence-electron chi connectivity index (χ2n) is 4.25. The van der Waals surface area contributed by atoms with Crippen molar-refractivity contribution in [3.8, 4) is 0 Å². The minimum Gasteiger partial charge on any atom is -0.467 e. The van der Waals surface area contributed by atoms with Crippen molar-refractivity contribution in [2.75, 3.05) is 7.05 Å². The summed E-state index contributed by atoms with van der Waals surface area (Å²) < 4.78 is 20.1. The normalized spacial score (nSPS) is 12.7. The number of hydrogen-bond donors (Lipinski definition) is 1. The summed E-state index contributed by atoms with van der Waals surface area (Å²) in [6, 6.07) is 6.87. The molecule has 1 atom stereocenters. The van der Waals surface area contributed by atoms with Crippen LogP contribution in [0.15, 0.2) is 39.4 Å². The summed E-state index contributed by atoms with van der Waals surface area (Å²) in [5, 5.41) is 3.16. The van der Waals surface area contributed by atoms with Crippen molar-refractivity contribution in [3.63, 3.8) is 0 Å². The first-order chi connectivity index (χ1) is 8.61. The van der Waals surface area contributed by atoms with E-state index < -0.39 is 0 Å². The highest BCUT2D eigenvalue weighted by molar-refractivity contribution is 9.10. The highest BCUT2D eigenvalue weighted by Crippen LogP contribution is 2.25. The Labute approximate surface area is 114 Å². The first kappa shape index (κ1) is 13.3. The predicted molar refractivity (Wildman–Crippen MR) is 73.0 cm³/mol. The molecule has 1 aromatic heterocycles. The summed E-state index contributed by atoms with van der Waals surface area (Å²) in [6.07, 6.45) is 2.21. The third kappa shape index (κ3) is 2.82. The zero-order valence-electron chi connectivity index (χ0n) is 10.3. The van der Waals surface area contributed by atoms with Gasteiger partial charge in [-0.25, -0.2) is 4.39 Å². The monoisotopic (exact) mass is 311 g/mol. The lowest BCUT2D eigenvalue weighted by atomic mass is 10.0. The van der Waals surface area contributed by atoms with Crippen LogP contribution in [0.25, 0.3) is 0 Å². The van der Waals surface area contributed by atoms with E-state index in [1.807, 2.05) is 20.0 Å². The summed E-state index contributed by atoms with van der Waals surface area (Å²) in [5.41, 5.74) is 1.74. The van der Waals surface area contributed by atoms with Crippen LogP contribution in [0.1, 0.15) is 22.9 Å². The molecule has 1 unspecified atom stereocenters. The van der Waals surface area contributed by atoms with Crippen LogP contribution >= 0.6 is 15.9 Å². The maximum Gasteiger partial charge on any atom is 0.126 e. The number of likely N-dealkylation sites (N-methyl/N-ethyl adjacent to an activating group) is 1. The van der Waals surface area contributed by atoms with Gasteiger partial charge in [0, 0.05) is 4.47 Å². The van der Waals surface area contributed by atoms with Crippen LogP contribution in [0.3, 0.4) is 0 Å². The van der Waals surface area contributed by atoms with E-state index in [0.717, 1.165) is 15.8 Å². The maximum absolute atomic E-state index is 13.7. The van der Waals surface area contributed by atoms with Crippen LogP contribution in [0, 0.1) is 12.7 Å². The molecule has 2 aromatic rings. The van der Waals surface area contributed by atoms with Crippen LogP contribution in [-0.2, 0) is 6.42 Å². The molecule has 0 bridgehead atoms. The predicted octanol–water partition coefficient (Wildman–Crippen LogP) is 3.99. The van der Waals surface area contributed by atoms with E-state index in [4.69, 9.17) is 4.42 Å². The number of halogens is 2. The Bertz CT molecular complexity index is 538. The lowest BCUT2D eigenvalue weighted by Gasteiger charge is -2.15. The van der Waals surface area contributed by atoms with E-state index in [-0.39, 0.29) is 11.9 Å². The van der Waals surface area contributed by atoms with E-state index in [0.29, 0.717) is 12.0 Å². The average Bonchev–Trinajstić information content (AvgIpc) is 2.77. The third-order valence-electron chi connectivity index (χ3n) is 3.00. The lowest BCUT2D eigenvalue weighted by molar-refractivity contribution is 0.422. The summed E-state index contributed by atoms with van der Waals surface area (Å²) >= 11 is 3.36. The minimum absolute atomic E-state index is 0.0243. The van der Waals surface area contributed by atoms with Gasteiger partial charge >= 0.3 is 0 Å². The molecule has 0 aliphatic rings. The van der Waals surface area contributed by atoms with Gasteiger partial charge in [0.05, 0.1) is 12.3 Å². The van der Waals surface area contributed by atoms with Gasteiger partial charge < -0.3 is 9.73 Å². The van der Waals surface area contributed by atoms with Crippen LogP contribution in [-0.4, -0.2) is 7.05 Å². The second-order valence-corrected chi connectivity index (χ2v) is 5.16. The van der Waals surface area contributed by atoms with E-state index in [2.05, 4.69) is 21.2 Å². The van der Waals surface area contributed by atoms with Crippen LogP contribution in [0.2, 0.25) is 0 Å². The zero-order valence-corrected chi connectivity index (χ0v) is 11.9. The molecule has 0 saturated heterocycles. The van der Waals surface area contributed by atoms with E-state index in [1.165, 1.54) is 6.07 Å². The van der Waals surface area contributed by atoms with Crippen LogP contribution in [0.4, 0.5) is 4.39 Å². The summed E-state index contributed by atoms with van der Waals surface area (Å²) in [5.74, 6) is 0.666. The molecule has 1 N–H and O–H groups in total. The summed E-state index contributed by atoms with van der Waals surface area (Å²) in [4.78, 5) is 0. The number of nitrogens with one attached hydrogen (secondary N) is 1. The summed E-state index contributed by atoms with van der Waals surface area (Å²) in [7, 11) is 1.85. The Hall–Kier alpha value is -1.13. The van der Waals surface area contributed by atoms with Crippen molar-refractivity contribution in [1.29, 1.82) is 0 Å². The Morgan fingerprint density at radius 2 is 2.17 bits per heavy atom. The molecule has 0 saturated carbocycles. The number of hydrogen-bond acceptors (Lipinski definition) is 2. The standard InChI is InChI=1S/C14H15BrFNO/c1-9-5-6-18-14(9)13(17-2)8-10-7-11(15)3-4-12(10)16/h3-7,13,17H,8H2,1-2H3. The van der Waals surface area contributed by atoms with Gasteiger partial charge in [0.2, 0.25) is 0 Å². The molecule has 0 amide bonds. The summed E-state index contributed by atoms with van der Waals surface area (Å²) in [6.45, 7) is 1.99. The molecule has 1 heterocycles. The zero-order chi connectivity index (χ0) is 13.1. The number of furan rings is 1. The molecule has 0 fully saturated rings. The van der Waals surface area contributed by atoms with Crippen molar-refractivity contribution >= 4 is 15.9 Å². The molecule has 18 heavy (non-hydrogen) atoms. The Morgan fingerprint density at radius 3 is 2.78 bits per heavy atom. The number of rotatable bonds is 4. The molecule has 0 aliphatic carbocycles. The highest BCUT2D eigenvalue weighted by atomic mass is 79.9. The van der Waals surface area contributed by atoms with Crippen molar-refractivity contribution in [1.82, 2.24) is 5.32 Å². The van der Waals surface area contributed by atoms with Gasteiger partial charge in [0.25, 0.3) is 0 Å². The van der Waals surface area contributed by atoms with Gasteiger partial charge in [0.1, 0.15) is 11.6 Å². The molecule has 4 heteroatoms. The van der Waals surface area contributed by atoms with Gasteiger partial charge in [0.15, 0.2) is 0 Å². The molecule has 2 rings (SSSR count). The third-order valence-corrected chi connectivity index (χ3v) is 3.49. The topological polar surface area (TPSA) is 25.2 Å². The van der Waals surface area contributed by atoms with Crippen LogP contribution in [0.5, 0.6) is 0 Å². The fraction of sp³-hybridized carbons (Fsp3) is 0.286. The van der Waals surface area contributed by atoms with Crippen molar-refractivity contribution < 1.29 is 8.81 Å². The molecule has 1 aromatic carbocycles. The molecule has 2 nitrogen and oxygen atoms in total. The van der Waals surface area contributed by atoms with Crippen molar-refractivity contribution in [2.45, 2.75) is 19.4 Å². The van der Waals surface area contributed by atoms with Gasteiger partial charge in [-0.15, -0.1) is 0 Å². The Balaban J connectivity index is 2.26. The minimum atomic E-state index is -0.192. The number of aryl methyl sites for hydroxylation is 1. The molecular formula is C14H15BrFNO. The fourth-order valence-electron chi connectivity index (χ4n) is 1.99.